The predicted octanol–water partition coefficient (Wildman–Crippen LogP) is 2.14. The van der Waals surface area contributed by atoms with E-state index in [9.17, 15) is 14.7 Å². The van der Waals surface area contributed by atoms with Crippen LogP contribution in [0.3, 0.4) is 0 Å². The molecule has 3 rings (SSSR count). The van der Waals surface area contributed by atoms with Crippen LogP contribution in [0.4, 0.5) is 0 Å². The smallest absolute Gasteiger partial charge is 0.311 e. The highest BCUT2D eigenvalue weighted by Crippen LogP contribution is 2.32. The van der Waals surface area contributed by atoms with Gasteiger partial charge in [0.2, 0.25) is 0 Å². The van der Waals surface area contributed by atoms with Gasteiger partial charge in [-0.1, -0.05) is 0 Å². The first-order chi connectivity index (χ1) is 10.5. The van der Waals surface area contributed by atoms with E-state index in [0.717, 1.165) is 10.6 Å². The monoisotopic (exact) mass is 317 g/mol. The highest BCUT2D eigenvalue weighted by Gasteiger charge is 2.42. The van der Waals surface area contributed by atoms with Crippen LogP contribution in [-0.4, -0.2) is 44.9 Å². The summed E-state index contributed by atoms with van der Waals surface area (Å²) in [5.74, 6) is -1.01. The Morgan fingerprint density at radius 3 is 2.73 bits per heavy atom. The predicted molar refractivity (Wildman–Crippen MR) is 81.6 cm³/mol. The van der Waals surface area contributed by atoms with E-state index < -0.39 is 11.4 Å². The van der Waals surface area contributed by atoms with Gasteiger partial charge in [-0.2, -0.15) is 0 Å². The number of hydrogen-bond acceptors (Lipinski definition) is 5. The molecule has 0 aliphatic carbocycles. The number of pyridine rings is 1. The van der Waals surface area contributed by atoms with E-state index >= 15 is 0 Å². The number of likely N-dealkylation sites (tertiary alicyclic amines) is 1. The Balaban J connectivity index is 1.77. The van der Waals surface area contributed by atoms with Gasteiger partial charge >= 0.3 is 5.97 Å². The Kier molecular flexibility index (Phi) is 3.66. The number of hydrogen-bond donors (Lipinski definition) is 1. The van der Waals surface area contributed by atoms with Gasteiger partial charge in [0.15, 0.2) is 0 Å². The molecular formula is C15H15N3O3S. The molecule has 1 aliphatic rings. The molecule has 0 radical (unpaired) electrons. The van der Waals surface area contributed by atoms with Crippen molar-refractivity contribution in [1.29, 1.82) is 0 Å². The van der Waals surface area contributed by atoms with Gasteiger partial charge in [-0.3, -0.25) is 14.6 Å². The summed E-state index contributed by atoms with van der Waals surface area (Å²) < 4.78 is 0. The number of amides is 1. The van der Waals surface area contributed by atoms with E-state index in [4.69, 9.17) is 0 Å². The minimum Gasteiger partial charge on any atom is -0.481 e. The number of thiazole rings is 1. The molecule has 114 valence electrons. The maximum absolute atomic E-state index is 12.5. The summed E-state index contributed by atoms with van der Waals surface area (Å²) in [4.78, 5) is 34.1. The molecule has 7 heteroatoms. The third-order valence-electron chi connectivity index (χ3n) is 3.92. The topological polar surface area (TPSA) is 83.4 Å². The minimum absolute atomic E-state index is 0.150. The van der Waals surface area contributed by atoms with Crippen molar-refractivity contribution in [1.82, 2.24) is 14.9 Å². The summed E-state index contributed by atoms with van der Waals surface area (Å²) in [6.07, 6.45) is 5.39. The largest absolute Gasteiger partial charge is 0.481 e. The van der Waals surface area contributed by atoms with Crippen LogP contribution in [0.25, 0.3) is 10.6 Å². The molecule has 0 saturated carbocycles. The van der Waals surface area contributed by atoms with Crippen molar-refractivity contribution in [3.05, 3.63) is 35.6 Å². The van der Waals surface area contributed by atoms with Crippen LogP contribution >= 0.6 is 11.3 Å². The summed E-state index contributed by atoms with van der Waals surface area (Å²) in [5.41, 5.74) is 0.0599. The minimum atomic E-state index is -0.857. The fourth-order valence-corrected chi connectivity index (χ4v) is 3.36. The van der Waals surface area contributed by atoms with E-state index in [1.165, 1.54) is 11.3 Å². The molecule has 0 aromatic carbocycles. The zero-order valence-electron chi connectivity index (χ0n) is 12.0. The third-order valence-corrected chi connectivity index (χ3v) is 4.96. The van der Waals surface area contributed by atoms with E-state index in [2.05, 4.69) is 9.97 Å². The standard InChI is InChI=1S/C15H15N3O3S/c1-15(14(20)21)4-7-18(9-15)13(19)11-8-17-12(22-11)10-2-5-16-6-3-10/h2-3,5-6,8H,4,7,9H2,1H3,(H,20,21). The molecule has 1 fully saturated rings. The Hall–Kier alpha value is -2.28. The lowest BCUT2D eigenvalue weighted by molar-refractivity contribution is -0.147. The lowest BCUT2D eigenvalue weighted by Gasteiger charge is -2.19. The van der Waals surface area contributed by atoms with E-state index in [0.29, 0.717) is 17.8 Å². The second-order valence-electron chi connectivity index (χ2n) is 5.61. The summed E-state index contributed by atoms with van der Waals surface area (Å²) >= 11 is 1.31. The van der Waals surface area contributed by atoms with Gasteiger partial charge in [-0.05, 0) is 25.5 Å². The molecule has 1 amide bonds. The second-order valence-corrected chi connectivity index (χ2v) is 6.64. The summed E-state index contributed by atoms with van der Waals surface area (Å²) in [5, 5.41) is 10.00. The van der Waals surface area contributed by atoms with Crippen molar-refractivity contribution in [3.63, 3.8) is 0 Å². The lowest BCUT2D eigenvalue weighted by atomic mass is 9.90. The van der Waals surface area contributed by atoms with Crippen molar-refractivity contribution in [2.75, 3.05) is 13.1 Å². The molecule has 2 aromatic rings. The van der Waals surface area contributed by atoms with Crippen molar-refractivity contribution in [2.24, 2.45) is 5.41 Å². The number of aliphatic carboxylic acids is 1. The fourth-order valence-electron chi connectivity index (χ4n) is 2.47. The average molecular weight is 317 g/mol. The normalized spacial score (nSPS) is 21.0. The number of carboxylic acids is 1. The molecule has 1 unspecified atom stereocenters. The highest BCUT2D eigenvalue weighted by atomic mass is 32.1. The van der Waals surface area contributed by atoms with Crippen LogP contribution in [0.2, 0.25) is 0 Å². The van der Waals surface area contributed by atoms with Gasteiger partial charge in [0.1, 0.15) is 9.88 Å². The van der Waals surface area contributed by atoms with Crippen molar-refractivity contribution >= 4 is 23.2 Å². The Morgan fingerprint density at radius 1 is 1.36 bits per heavy atom. The zero-order chi connectivity index (χ0) is 15.7. The SMILES string of the molecule is CC1(C(=O)O)CCN(C(=O)c2cnc(-c3ccncc3)s2)C1. The van der Waals surface area contributed by atoms with Crippen LogP contribution in [0.15, 0.2) is 30.7 Å². The van der Waals surface area contributed by atoms with Gasteiger partial charge in [0, 0.05) is 31.0 Å². The summed E-state index contributed by atoms with van der Waals surface area (Å²) in [6.45, 7) is 2.38. The first-order valence-corrected chi connectivity index (χ1v) is 7.70. The van der Waals surface area contributed by atoms with Gasteiger partial charge in [0.25, 0.3) is 5.91 Å². The number of carboxylic acid groups (broad SMARTS) is 1. The Bertz CT molecular complexity index is 716. The summed E-state index contributed by atoms with van der Waals surface area (Å²) in [7, 11) is 0. The van der Waals surface area contributed by atoms with Crippen LogP contribution in [0, 0.1) is 5.41 Å². The lowest BCUT2D eigenvalue weighted by Crippen LogP contribution is -2.34. The molecule has 1 N–H and O–H groups in total. The molecule has 1 saturated heterocycles. The third kappa shape index (κ3) is 2.59. The molecule has 3 heterocycles. The average Bonchev–Trinajstić information content (AvgIpc) is 3.15. The quantitative estimate of drug-likeness (QED) is 0.937. The maximum atomic E-state index is 12.5. The van der Waals surface area contributed by atoms with Gasteiger partial charge < -0.3 is 10.0 Å². The number of rotatable bonds is 3. The first kappa shape index (κ1) is 14.6. The zero-order valence-corrected chi connectivity index (χ0v) is 12.8. The maximum Gasteiger partial charge on any atom is 0.311 e. The van der Waals surface area contributed by atoms with E-state index in [-0.39, 0.29) is 12.5 Å². The number of carbonyl (C=O) groups excluding carboxylic acids is 1. The Labute approximate surface area is 131 Å². The highest BCUT2D eigenvalue weighted by molar-refractivity contribution is 7.16. The molecule has 1 aliphatic heterocycles. The molecular weight excluding hydrogens is 302 g/mol. The molecule has 22 heavy (non-hydrogen) atoms. The van der Waals surface area contributed by atoms with Gasteiger partial charge in [-0.15, -0.1) is 11.3 Å². The second kappa shape index (κ2) is 5.49. The van der Waals surface area contributed by atoms with Crippen LogP contribution in [0.5, 0.6) is 0 Å². The van der Waals surface area contributed by atoms with Crippen molar-refractivity contribution in [3.8, 4) is 10.6 Å². The first-order valence-electron chi connectivity index (χ1n) is 6.88. The van der Waals surface area contributed by atoms with E-state index in [1.807, 2.05) is 12.1 Å². The van der Waals surface area contributed by atoms with Crippen molar-refractivity contribution < 1.29 is 14.7 Å². The molecule has 0 bridgehead atoms. The van der Waals surface area contributed by atoms with Gasteiger partial charge in [-0.25, -0.2) is 4.98 Å². The number of aromatic nitrogens is 2. The Morgan fingerprint density at radius 2 is 2.09 bits per heavy atom. The molecule has 0 spiro atoms. The molecule has 1 atom stereocenters. The number of nitrogens with zero attached hydrogens (tertiary/aromatic N) is 3. The molecule has 2 aromatic heterocycles. The van der Waals surface area contributed by atoms with E-state index in [1.54, 1.807) is 30.4 Å². The van der Waals surface area contributed by atoms with Crippen LogP contribution < -0.4 is 0 Å². The fraction of sp³-hybridized carbons (Fsp3) is 0.333. The molecule has 6 nitrogen and oxygen atoms in total. The van der Waals surface area contributed by atoms with Crippen LogP contribution in [-0.2, 0) is 4.79 Å². The summed E-state index contributed by atoms with van der Waals surface area (Å²) in [6, 6.07) is 3.68. The van der Waals surface area contributed by atoms with Crippen LogP contribution in [0.1, 0.15) is 23.0 Å². The number of carbonyl (C=O) groups is 2. The van der Waals surface area contributed by atoms with Gasteiger partial charge in [0.05, 0.1) is 11.6 Å². The van der Waals surface area contributed by atoms with Crippen molar-refractivity contribution in [2.45, 2.75) is 13.3 Å².